The van der Waals surface area contributed by atoms with Gasteiger partial charge < -0.3 is 37.2 Å². The third-order valence-electron chi connectivity index (χ3n) is 6.16. The number of fused-ring (bicyclic) bond motifs is 1. The Bertz CT molecular complexity index is 1060. The van der Waals surface area contributed by atoms with Gasteiger partial charge in [-0.3, -0.25) is 0 Å². The van der Waals surface area contributed by atoms with Gasteiger partial charge in [0.15, 0.2) is 0 Å². The molecule has 0 saturated carbocycles. The van der Waals surface area contributed by atoms with Gasteiger partial charge in [0.2, 0.25) is 0 Å². The van der Waals surface area contributed by atoms with E-state index in [-0.39, 0.29) is 70.3 Å². The van der Waals surface area contributed by atoms with Gasteiger partial charge in [-0.1, -0.05) is 104 Å². The van der Waals surface area contributed by atoms with E-state index in [1.54, 1.807) is 0 Å². The van der Waals surface area contributed by atoms with Crippen molar-refractivity contribution in [2.75, 3.05) is 0 Å². The Balaban J connectivity index is 0.00000136. The third kappa shape index (κ3) is 5.02. The molecule has 164 valence electrons. The van der Waals surface area contributed by atoms with Gasteiger partial charge in [-0.05, 0) is 22.6 Å². The Labute approximate surface area is 230 Å². The number of halogens is 3. The van der Waals surface area contributed by atoms with Crippen LogP contribution in [0, 0.1) is 6.08 Å². The van der Waals surface area contributed by atoms with Crippen LogP contribution in [-0.2, 0) is 27.1 Å². The summed E-state index contributed by atoms with van der Waals surface area (Å²) in [6, 6.07) is 41.6. The molecule has 0 heterocycles. The average Bonchev–Trinajstić information content (AvgIpc) is 3.13. The molecule has 0 radical (unpaired) electrons. The zero-order chi connectivity index (χ0) is 19.7. The van der Waals surface area contributed by atoms with Crippen LogP contribution in [0.1, 0.15) is 40.7 Å². The Hall–Kier alpha value is -1.80. The predicted octanol–water partition coefficient (Wildman–Crippen LogP) is -2.07. The molecule has 0 aliphatic heterocycles. The minimum Gasteiger partial charge on any atom is -1.00 e. The number of benzene rings is 4. The van der Waals surface area contributed by atoms with Crippen LogP contribution in [0.5, 0.6) is 0 Å². The summed E-state index contributed by atoms with van der Waals surface area (Å²) >= 11 is 0. The maximum atomic E-state index is 3.68. The molecule has 1 aliphatic rings. The predicted molar refractivity (Wildman–Crippen MR) is 120 cm³/mol. The molecule has 0 spiro atoms. The van der Waals surface area contributed by atoms with Gasteiger partial charge in [-0.2, -0.15) is 17.7 Å². The summed E-state index contributed by atoms with van der Waals surface area (Å²) in [5.74, 6) is 0.186. The van der Waals surface area contributed by atoms with Crippen molar-refractivity contribution in [2.24, 2.45) is 0 Å². The molecule has 0 bridgehead atoms. The topological polar surface area (TPSA) is 0 Å². The molecule has 0 fully saturated rings. The summed E-state index contributed by atoms with van der Waals surface area (Å²) < 4.78 is 0. The Morgan fingerprint density at radius 1 is 0.545 bits per heavy atom. The van der Waals surface area contributed by atoms with Gasteiger partial charge >= 0.3 is 21.7 Å². The van der Waals surface area contributed by atoms with Crippen molar-refractivity contribution in [3.05, 3.63) is 155 Å². The normalized spacial score (nSPS) is 13.7. The fourth-order valence-electron chi connectivity index (χ4n) is 5.04. The molecule has 33 heavy (non-hydrogen) atoms. The summed E-state index contributed by atoms with van der Waals surface area (Å²) in [5, 5.41) is 0. The zero-order valence-corrected chi connectivity index (χ0v) is 22.0. The van der Waals surface area contributed by atoms with E-state index in [0.29, 0.717) is 0 Å². The van der Waals surface area contributed by atoms with Crippen molar-refractivity contribution in [1.29, 1.82) is 0 Å². The number of hydrogen-bond acceptors (Lipinski definition) is 0. The van der Waals surface area contributed by atoms with Crippen LogP contribution < -0.4 is 37.2 Å². The maximum absolute atomic E-state index is 3.68. The molecule has 4 heteroatoms. The van der Waals surface area contributed by atoms with E-state index < -0.39 is 0 Å². The fourth-order valence-corrected chi connectivity index (χ4v) is 5.04. The smallest absolute Gasteiger partial charge is 1.00 e. The maximum Gasteiger partial charge on any atom is 4.00 e. The first-order chi connectivity index (χ1) is 14.3. The zero-order valence-electron chi connectivity index (χ0n) is 18.2. The Kier molecular flexibility index (Phi) is 11.2. The molecule has 5 rings (SSSR count). The Morgan fingerprint density at radius 2 is 0.909 bits per heavy atom. The summed E-state index contributed by atoms with van der Waals surface area (Å²) in [6.45, 7) is 2.23. The molecule has 4 aromatic carbocycles. The number of hydrogen-bond donors (Lipinski definition) is 0. The molecule has 0 nitrogen and oxygen atoms in total. The van der Waals surface area contributed by atoms with Gasteiger partial charge in [0.25, 0.3) is 0 Å². The fraction of sp³-hybridized carbons (Fsp3) is 0.103. The van der Waals surface area contributed by atoms with Crippen LogP contribution in [0.3, 0.4) is 0 Å². The molecule has 0 amide bonds. The second-order valence-electron chi connectivity index (χ2n) is 7.73. The Morgan fingerprint density at radius 3 is 1.33 bits per heavy atom. The van der Waals surface area contributed by atoms with Crippen LogP contribution >= 0.6 is 0 Å². The first kappa shape index (κ1) is 29.2. The van der Waals surface area contributed by atoms with E-state index in [0.717, 1.165) is 0 Å². The monoisotopic (exact) mass is 524 g/mol. The van der Waals surface area contributed by atoms with E-state index in [4.69, 9.17) is 0 Å². The summed E-state index contributed by atoms with van der Waals surface area (Å²) in [5.41, 5.74) is 7.43. The standard InChI is InChI=1S/C29H23.3ClH.Ti/c1-22-21-23-13-11-12-20-27(23)28(22)29(24-14-5-2-6-15-24,25-16-7-3-8-17-25)26-18-9-4-10-19-26;;;;/h2-20,28H,1H3;3*1H;/q-1;;;;+4/p-3. The van der Waals surface area contributed by atoms with Crippen LogP contribution in [0.4, 0.5) is 0 Å². The van der Waals surface area contributed by atoms with Crippen molar-refractivity contribution < 1.29 is 58.9 Å². The third-order valence-corrected chi connectivity index (χ3v) is 6.16. The summed E-state index contributed by atoms with van der Waals surface area (Å²) in [6.07, 6.45) is 3.68. The molecule has 1 atom stereocenters. The summed E-state index contributed by atoms with van der Waals surface area (Å²) in [7, 11) is 0. The van der Waals surface area contributed by atoms with Crippen molar-refractivity contribution in [3.8, 4) is 0 Å². The van der Waals surface area contributed by atoms with Crippen molar-refractivity contribution in [3.63, 3.8) is 0 Å². The SMILES string of the molecule is CC1=[C-]c2ccccc2C1C(c1ccccc1)(c1ccccc1)c1ccccc1.[Cl-].[Cl-].[Cl-].[Ti+4]. The minimum absolute atomic E-state index is 0. The average molecular weight is 526 g/mol. The number of rotatable bonds is 4. The van der Waals surface area contributed by atoms with Crippen LogP contribution in [0.15, 0.2) is 121 Å². The molecule has 1 aliphatic carbocycles. The molecular weight excluding hydrogens is 503 g/mol. The van der Waals surface area contributed by atoms with Gasteiger partial charge in [-0.25, -0.2) is 0 Å². The van der Waals surface area contributed by atoms with Gasteiger partial charge in [0, 0.05) is 5.41 Å². The second-order valence-corrected chi connectivity index (χ2v) is 7.73. The van der Waals surface area contributed by atoms with E-state index in [1.807, 2.05) is 0 Å². The van der Waals surface area contributed by atoms with Crippen LogP contribution in [-0.4, -0.2) is 0 Å². The summed E-state index contributed by atoms with van der Waals surface area (Å²) in [4.78, 5) is 0. The van der Waals surface area contributed by atoms with E-state index >= 15 is 0 Å². The van der Waals surface area contributed by atoms with Crippen LogP contribution in [0.25, 0.3) is 0 Å². The molecule has 0 aromatic heterocycles. The van der Waals surface area contributed by atoms with Gasteiger partial charge in [0.1, 0.15) is 0 Å². The first-order valence-electron chi connectivity index (χ1n) is 10.2. The van der Waals surface area contributed by atoms with Gasteiger partial charge in [0.05, 0.1) is 0 Å². The molecule has 0 N–H and O–H groups in total. The van der Waals surface area contributed by atoms with Crippen molar-refractivity contribution in [1.82, 2.24) is 0 Å². The quantitative estimate of drug-likeness (QED) is 0.163. The molecule has 4 aromatic rings. The first-order valence-corrected chi connectivity index (χ1v) is 10.2. The van der Waals surface area contributed by atoms with Gasteiger partial charge in [-0.15, -0.1) is 23.3 Å². The largest absolute Gasteiger partial charge is 4.00 e. The molecule has 0 saturated heterocycles. The van der Waals surface area contributed by atoms with E-state index in [1.165, 1.54) is 33.4 Å². The van der Waals surface area contributed by atoms with E-state index in [2.05, 4.69) is 128 Å². The second kappa shape index (κ2) is 12.6. The van der Waals surface area contributed by atoms with E-state index in [9.17, 15) is 0 Å². The van der Waals surface area contributed by atoms with Crippen molar-refractivity contribution >= 4 is 0 Å². The minimum atomic E-state index is -0.326. The molecule has 1 unspecified atom stereocenters. The van der Waals surface area contributed by atoms with Crippen molar-refractivity contribution in [2.45, 2.75) is 18.3 Å². The molecular formula is C29H23Cl3Ti. The number of allylic oxidation sites excluding steroid dienone is 1. The van der Waals surface area contributed by atoms with Crippen LogP contribution in [0.2, 0.25) is 0 Å².